The van der Waals surface area contributed by atoms with Crippen LogP contribution in [0.25, 0.3) is 11.1 Å². The van der Waals surface area contributed by atoms with Crippen LogP contribution in [0.1, 0.15) is 0 Å². The van der Waals surface area contributed by atoms with Crippen molar-refractivity contribution in [1.82, 2.24) is 4.57 Å². The monoisotopic (exact) mass is 284 g/mol. The van der Waals surface area contributed by atoms with Crippen LogP contribution in [0.3, 0.4) is 0 Å². The molecule has 1 N–H and O–H groups in total. The third-order valence-corrected chi connectivity index (χ3v) is 3.33. The van der Waals surface area contributed by atoms with Crippen LogP contribution in [-0.2, 0) is 6.54 Å². The van der Waals surface area contributed by atoms with Crippen LogP contribution in [0, 0.1) is 0 Å². The number of para-hydroxylation sites is 2. The van der Waals surface area contributed by atoms with Gasteiger partial charge in [0.15, 0.2) is 5.58 Å². The Morgan fingerprint density at radius 1 is 1.14 bits per heavy atom. The van der Waals surface area contributed by atoms with E-state index in [1.807, 2.05) is 42.5 Å². The first-order valence-corrected chi connectivity index (χ1v) is 6.74. The highest BCUT2D eigenvalue weighted by Crippen LogP contribution is 2.15. The van der Waals surface area contributed by atoms with Crippen LogP contribution in [0.15, 0.2) is 57.7 Å². The van der Waals surface area contributed by atoms with Crippen LogP contribution in [0.2, 0.25) is 0 Å². The van der Waals surface area contributed by atoms with Crippen LogP contribution in [0.4, 0.5) is 5.69 Å². The van der Waals surface area contributed by atoms with E-state index < -0.39 is 0 Å². The quantitative estimate of drug-likeness (QED) is 0.782. The molecular weight excluding hydrogens is 268 g/mol. The molecule has 0 aliphatic rings. The number of aromatic nitrogens is 1. The van der Waals surface area contributed by atoms with Crippen molar-refractivity contribution in [3.05, 3.63) is 59.1 Å². The lowest BCUT2D eigenvalue weighted by atomic mass is 10.3. The zero-order chi connectivity index (χ0) is 14.7. The number of benzene rings is 2. The number of nitrogens with one attached hydrogen (secondary N) is 1. The number of fused-ring (bicyclic) bond motifs is 1. The molecule has 0 unspecified atom stereocenters. The second-order valence-corrected chi connectivity index (χ2v) is 4.64. The number of nitrogens with zero attached hydrogens (tertiary/aromatic N) is 1. The van der Waals surface area contributed by atoms with Crippen molar-refractivity contribution in [2.24, 2.45) is 0 Å². The number of hydrogen-bond donors (Lipinski definition) is 1. The van der Waals surface area contributed by atoms with Gasteiger partial charge in [-0.3, -0.25) is 4.57 Å². The fraction of sp³-hybridized carbons (Fsp3) is 0.188. The van der Waals surface area contributed by atoms with Crippen molar-refractivity contribution in [1.29, 1.82) is 0 Å². The van der Waals surface area contributed by atoms with Gasteiger partial charge in [-0.25, -0.2) is 4.79 Å². The average Bonchev–Trinajstić information content (AvgIpc) is 2.84. The highest BCUT2D eigenvalue weighted by Gasteiger charge is 2.07. The van der Waals surface area contributed by atoms with E-state index >= 15 is 0 Å². The third-order valence-electron chi connectivity index (χ3n) is 3.33. The smallest absolute Gasteiger partial charge is 0.420 e. The number of hydrogen-bond acceptors (Lipinski definition) is 4. The summed E-state index contributed by atoms with van der Waals surface area (Å²) in [4.78, 5) is 11.8. The minimum atomic E-state index is -0.326. The predicted octanol–water partition coefficient (Wildman–Crippen LogP) is 2.72. The molecule has 5 nitrogen and oxygen atoms in total. The van der Waals surface area contributed by atoms with Crippen LogP contribution < -0.4 is 15.8 Å². The van der Waals surface area contributed by atoms with Gasteiger partial charge in [-0.2, -0.15) is 0 Å². The first-order valence-electron chi connectivity index (χ1n) is 6.74. The Morgan fingerprint density at radius 2 is 1.90 bits per heavy atom. The van der Waals surface area contributed by atoms with Crippen LogP contribution in [0.5, 0.6) is 5.75 Å². The fourth-order valence-corrected chi connectivity index (χ4v) is 2.25. The molecule has 0 aliphatic heterocycles. The molecule has 0 spiro atoms. The van der Waals surface area contributed by atoms with Gasteiger partial charge in [-0.05, 0) is 36.4 Å². The molecule has 1 aromatic heterocycles. The van der Waals surface area contributed by atoms with E-state index in [4.69, 9.17) is 9.15 Å². The second-order valence-electron chi connectivity index (χ2n) is 4.64. The molecule has 2 aromatic carbocycles. The van der Waals surface area contributed by atoms with E-state index in [-0.39, 0.29) is 5.76 Å². The molecule has 3 aromatic rings. The zero-order valence-electron chi connectivity index (χ0n) is 11.7. The van der Waals surface area contributed by atoms with Crippen molar-refractivity contribution in [3.63, 3.8) is 0 Å². The van der Waals surface area contributed by atoms with Gasteiger partial charge >= 0.3 is 5.76 Å². The number of rotatable bonds is 5. The molecular formula is C16H16N2O3. The molecule has 1 heterocycles. The zero-order valence-corrected chi connectivity index (χ0v) is 11.7. The predicted molar refractivity (Wildman–Crippen MR) is 82.0 cm³/mol. The Balaban J connectivity index is 1.69. The largest absolute Gasteiger partial charge is 0.497 e. The SMILES string of the molecule is COc1ccc(NCCn2c(=O)oc3ccccc32)cc1. The van der Waals surface area contributed by atoms with Gasteiger partial charge in [0.25, 0.3) is 0 Å². The minimum Gasteiger partial charge on any atom is -0.497 e. The van der Waals surface area contributed by atoms with Gasteiger partial charge in [-0.15, -0.1) is 0 Å². The summed E-state index contributed by atoms with van der Waals surface area (Å²) in [5.74, 6) is 0.491. The van der Waals surface area contributed by atoms with E-state index in [0.29, 0.717) is 18.7 Å². The van der Waals surface area contributed by atoms with E-state index in [0.717, 1.165) is 17.0 Å². The molecule has 0 saturated carbocycles. The topological polar surface area (TPSA) is 56.4 Å². The summed E-state index contributed by atoms with van der Waals surface area (Å²) in [6, 6.07) is 15.1. The second kappa shape index (κ2) is 5.75. The van der Waals surface area contributed by atoms with Gasteiger partial charge in [0.1, 0.15) is 5.75 Å². The lowest BCUT2D eigenvalue weighted by Gasteiger charge is -2.07. The van der Waals surface area contributed by atoms with Crippen LogP contribution >= 0.6 is 0 Å². The van der Waals surface area contributed by atoms with E-state index in [1.54, 1.807) is 17.7 Å². The Labute approximate surface area is 121 Å². The van der Waals surface area contributed by atoms with Gasteiger partial charge in [-0.1, -0.05) is 12.1 Å². The van der Waals surface area contributed by atoms with Gasteiger partial charge < -0.3 is 14.5 Å². The third kappa shape index (κ3) is 2.76. The number of anilines is 1. The summed E-state index contributed by atoms with van der Waals surface area (Å²) in [6.45, 7) is 1.18. The molecule has 0 radical (unpaired) electrons. The maximum atomic E-state index is 11.8. The van der Waals surface area contributed by atoms with Crippen LogP contribution in [-0.4, -0.2) is 18.2 Å². The lowest BCUT2D eigenvalue weighted by Crippen LogP contribution is -2.19. The van der Waals surface area contributed by atoms with Gasteiger partial charge in [0.2, 0.25) is 0 Å². The van der Waals surface area contributed by atoms with Crippen molar-refractivity contribution in [2.45, 2.75) is 6.54 Å². The maximum absolute atomic E-state index is 11.8. The molecule has 0 aliphatic carbocycles. The minimum absolute atomic E-state index is 0.326. The van der Waals surface area contributed by atoms with Crippen molar-refractivity contribution in [2.75, 3.05) is 19.0 Å². The highest BCUT2D eigenvalue weighted by atomic mass is 16.5. The summed E-state index contributed by atoms with van der Waals surface area (Å²) >= 11 is 0. The first kappa shape index (κ1) is 13.3. The maximum Gasteiger partial charge on any atom is 0.420 e. The highest BCUT2D eigenvalue weighted by molar-refractivity contribution is 5.72. The van der Waals surface area contributed by atoms with Crippen molar-refractivity contribution >= 4 is 16.8 Å². The Morgan fingerprint density at radius 3 is 2.67 bits per heavy atom. The average molecular weight is 284 g/mol. The summed E-state index contributed by atoms with van der Waals surface area (Å²) < 4.78 is 11.9. The van der Waals surface area contributed by atoms with Gasteiger partial charge in [0.05, 0.1) is 12.6 Å². The van der Waals surface area contributed by atoms with Gasteiger partial charge in [0, 0.05) is 18.8 Å². The Kier molecular flexibility index (Phi) is 3.64. The number of methoxy groups -OCH3 is 1. The molecule has 0 amide bonds. The Bertz CT molecular complexity index is 787. The van der Waals surface area contributed by atoms with Crippen molar-refractivity contribution < 1.29 is 9.15 Å². The molecule has 0 fully saturated rings. The molecule has 5 heteroatoms. The number of ether oxygens (including phenoxy) is 1. The lowest BCUT2D eigenvalue weighted by molar-refractivity contribution is 0.415. The molecule has 0 saturated heterocycles. The summed E-state index contributed by atoms with van der Waals surface area (Å²) in [6.07, 6.45) is 0. The van der Waals surface area contributed by atoms with Crippen molar-refractivity contribution in [3.8, 4) is 5.75 Å². The first-order chi connectivity index (χ1) is 10.3. The molecule has 108 valence electrons. The van der Waals surface area contributed by atoms with E-state index in [9.17, 15) is 4.79 Å². The normalized spacial score (nSPS) is 10.7. The molecule has 0 bridgehead atoms. The summed E-state index contributed by atoms with van der Waals surface area (Å²) in [7, 11) is 1.64. The Hall–Kier alpha value is -2.69. The molecule has 3 rings (SSSR count). The number of oxazole rings is 1. The summed E-state index contributed by atoms with van der Waals surface area (Å²) in [5.41, 5.74) is 2.42. The summed E-state index contributed by atoms with van der Waals surface area (Å²) in [5, 5.41) is 3.27. The van der Waals surface area contributed by atoms with E-state index in [1.165, 1.54) is 0 Å². The molecule has 0 atom stereocenters. The van der Waals surface area contributed by atoms with E-state index in [2.05, 4.69) is 5.32 Å². The standard InChI is InChI=1S/C16H16N2O3/c1-20-13-8-6-12(7-9-13)17-10-11-18-14-4-2-3-5-15(14)21-16(18)19/h2-9,17H,10-11H2,1H3. The fourth-order valence-electron chi connectivity index (χ4n) is 2.25. The molecule has 21 heavy (non-hydrogen) atoms.